The van der Waals surface area contributed by atoms with Crippen LogP contribution in [0.15, 0.2) is 11.8 Å². The molecule has 1 aliphatic heterocycles. The lowest BCUT2D eigenvalue weighted by atomic mass is 9.98. The topological polar surface area (TPSA) is 29.5 Å². The zero-order valence-electron chi connectivity index (χ0n) is 8.93. The van der Waals surface area contributed by atoms with E-state index in [1.807, 2.05) is 0 Å². The summed E-state index contributed by atoms with van der Waals surface area (Å²) in [7, 11) is 0. The predicted octanol–water partition coefficient (Wildman–Crippen LogP) is 1.94. The van der Waals surface area contributed by atoms with Gasteiger partial charge in [0.2, 0.25) is 0 Å². The molecule has 0 amide bonds. The Morgan fingerprint density at radius 3 is 2.60 bits per heavy atom. The number of ether oxygens (including phenoxy) is 1. The maximum Gasteiger partial charge on any atom is 0.121 e. The molecule has 0 aromatic heterocycles. The molecule has 0 aromatic rings. The number of hydrogen-bond acceptors (Lipinski definition) is 2. The monoisotopic (exact) mass is 206 g/mol. The summed E-state index contributed by atoms with van der Waals surface area (Å²) < 4.78 is 5.48. The Hall–Kier alpha value is -0.500. The quantitative estimate of drug-likeness (QED) is 0.748. The van der Waals surface area contributed by atoms with Gasteiger partial charge in [-0.25, -0.2) is 0 Å². The maximum atomic E-state index is 10.3. The van der Waals surface area contributed by atoms with Crippen LogP contribution in [0.25, 0.3) is 0 Å². The summed E-state index contributed by atoms with van der Waals surface area (Å²) in [5.74, 6) is 5.03. The lowest BCUT2D eigenvalue weighted by Gasteiger charge is -2.16. The zero-order valence-corrected chi connectivity index (χ0v) is 8.93. The molecular weight excluding hydrogens is 188 g/mol. The fraction of sp³-hybridized carbons (Fsp3) is 0.846. The van der Waals surface area contributed by atoms with Gasteiger partial charge < -0.3 is 9.84 Å². The molecule has 1 N–H and O–H groups in total. The van der Waals surface area contributed by atoms with Crippen molar-refractivity contribution in [3.05, 3.63) is 11.8 Å². The van der Waals surface area contributed by atoms with Gasteiger partial charge in [-0.2, -0.15) is 0 Å². The minimum Gasteiger partial charge on any atom is -0.495 e. The van der Waals surface area contributed by atoms with Crippen LogP contribution >= 0.6 is 0 Å². The van der Waals surface area contributed by atoms with E-state index in [1.165, 1.54) is 19.3 Å². The van der Waals surface area contributed by atoms with E-state index in [9.17, 15) is 5.11 Å². The van der Waals surface area contributed by atoms with Crippen LogP contribution in [-0.4, -0.2) is 17.8 Å². The van der Waals surface area contributed by atoms with Crippen LogP contribution in [0.5, 0.6) is 0 Å². The van der Waals surface area contributed by atoms with Crippen LogP contribution in [0.4, 0.5) is 0 Å². The average Bonchev–Trinajstić information content (AvgIpc) is 2.70. The van der Waals surface area contributed by atoms with Gasteiger partial charge in [-0.3, -0.25) is 0 Å². The molecule has 0 aromatic carbocycles. The van der Waals surface area contributed by atoms with Gasteiger partial charge in [0, 0.05) is 6.42 Å². The SMILES string of the molecule is OC(C1=CCCO1)C1C2C3CCC(C3)C21. The van der Waals surface area contributed by atoms with Crippen molar-refractivity contribution in [2.24, 2.45) is 29.6 Å². The van der Waals surface area contributed by atoms with Gasteiger partial charge in [-0.1, -0.05) is 0 Å². The first kappa shape index (κ1) is 8.63. The number of fused-ring (bicyclic) bond motifs is 5. The highest BCUT2D eigenvalue weighted by molar-refractivity contribution is 5.20. The number of rotatable bonds is 2. The van der Waals surface area contributed by atoms with Crippen molar-refractivity contribution in [3.63, 3.8) is 0 Å². The summed E-state index contributed by atoms with van der Waals surface area (Å²) in [5, 5.41) is 10.3. The summed E-state index contributed by atoms with van der Waals surface area (Å²) in [4.78, 5) is 0. The smallest absolute Gasteiger partial charge is 0.121 e. The van der Waals surface area contributed by atoms with Crippen molar-refractivity contribution in [3.8, 4) is 0 Å². The van der Waals surface area contributed by atoms with E-state index in [2.05, 4.69) is 6.08 Å². The van der Waals surface area contributed by atoms with E-state index < -0.39 is 0 Å². The predicted molar refractivity (Wildman–Crippen MR) is 56.0 cm³/mol. The fourth-order valence-corrected chi connectivity index (χ4v) is 4.65. The highest BCUT2D eigenvalue weighted by atomic mass is 16.5. The molecule has 15 heavy (non-hydrogen) atoms. The molecule has 0 spiro atoms. The number of aliphatic hydroxyl groups is 1. The summed E-state index contributed by atoms with van der Waals surface area (Å²) >= 11 is 0. The molecule has 3 aliphatic carbocycles. The second-order valence-electron chi connectivity index (χ2n) is 5.75. The van der Waals surface area contributed by atoms with Gasteiger partial charge in [-0.05, 0) is 54.9 Å². The minimum absolute atomic E-state index is 0.272. The second-order valence-corrected chi connectivity index (χ2v) is 5.75. The third kappa shape index (κ3) is 1.04. The standard InChI is InChI=1S/C13H18O2/c14-13(9-2-1-5-15-9)12-10-7-3-4-8(6-7)11(10)12/h2,7-8,10-14H,1,3-6H2. The fourth-order valence-electron chi connectivity index (χ4n) is 4.65. The van der Waals surface area contributed by atoms with Gasteiger partial charge in [-0.15, -0.1) is 0 Å². The third-order valence-electron chi connectivity index (χ3n) is 5.18. The summed E-state index contributed by atoms with van der Waals surface area (Å²) in [6.45, 7) is 0.779. The first-order valence-corrected chi connectivity index (χ1v) is 6.37. The molecular formula is C13H18O2. The molecule has 82 valence electrons. The van der Waals surface area contributed by atoms with Gasteiger partial charge in [0.15, 0.2) is 0 Å². The summed E-state index contributed by atoms with van der Waals surface area (Å²) in [5.41, 5.74) is 0. The van der Waals surface area contributed by atoms with E-state index in [4.69, 9.17) is 4.74 Å². The van der Waals surface area contributed by atoms with Crippen LogP contribution < -0.4 is 0 Å². The van der Waals surface area contributed by atoms with Crippen molar-refractivity contribution in [2.75, 3.05) is 6.61 Å². The van der Waals surface area contributed by atoms with Crippen molar-refractivity contribution >= 4 is 0 Å². The van der Waals surface area contributed by atoms with Crippen molar-refractivity contribution in [1.29, 1.82) is 0 Å². The maximum absolute atomic E-state index is 10.3. The molecule has 5 atom stereocenters. The van der Waals surface area contributed by atoms with E-state index >= 15 is 0 Å². The highest BCUT2D eigenvalue weighted by Crippen LogP contribution is 2.70. The highest BCUT2D eigenvalue weighted by Gasteiger charge is 2.67. The van der Waals surface area contributed by atoms with E-state index in [0.717, 1.165) is 42.5 Å². The molecule has 3 saturated carbocycles. The Bertz CT molecular complexity index is 306. The molecule has 4 aliphatic rings. The van der Waals surface area contributed by atoms with Gasteiger partial charge in [0.05, 0.1) is 6.61 Å². The van der Waals surface area contributed by atoms with Crippen LogP contribution in [0.2, 0.25) is 0 Å². The van der Waals surface area contributed by atoms with Crippen molar-refractivity contribution < 1.29 is 9.84 Å². The molecule has 3 fully saturated rings. The van der Waals surface area contributed by atoms with Crippen LogP contribution in [-0.2, 0) is 4.74 Å². The molecule has 4 rings (SSSR count). The molecule has 2 bridgehead atoms. The Balaban J connectivity index is 1.52. The molecule has 2 nitrogen and oxygen atoms in total. The Morgan fingerprint density at radius 2 is 2.00 bits per heavy atom. The van der Waals surface area contributed by atoms with Crippen LogP contribution in [0.3, 0.4) is 0 Å². The zero-order chi connectivity index (χ0) is 9.99. The average molecular weight is 206 g/mol. The van der Waals surface area contributed by atoms with Gasteiger partial charge in [0.1, 0.15) is 11.9 Å². The number of hydrogen-bond donors (Lipinski definition) is 1. The van der Waals surface area contributed by atoms with E-state index in [1.54, 1.807) is 0 Å². The van der Waals surface area contributed by atoms with E-state index in [0.29, 0.717) is 5.92 Å². The Labute approximate surface area is 90.3 Å². The molecule has 5 unspecified atom stereocenters. The first-order valence-electron chi connectivity index (χ1n) is 6.37. The minimum atomic E-state index is -0.272. The van der Waals surface area contributed by atoms with E-state index in [-0.39, 0.29) is 6.10 Å². The Kier molecular flexibility index (Phi) is 1.60. The summed E-state index contributed by atoms with van der Waals surface area (Å²) in [6.07, 6.45) is 7.11. The first-order chi connectivity index (χ1) is 7.36. The van der Waals surface area contributed by atoms with Crippen molar-refractivity contribution in [1.82, 2.24) is 0 Å². The van der Waals surface area contributed by atoms with Crippen LogP contribution in [0, 0.1) is 29.6 Å². The lowest BCUT2D eigenvalue weighted by molar-refractivity contribution is 0.0891. The summed E-state index contributed by atoms with van der Waals surface area (Å²) in [6, 6.07) is 0. The normalized spacial score (nSPS) is 52.3. The van der Waals surface area contributed by atoms with Gasteiger partial charge >= 0.3 is 0 Å². The second kappa shape index (κ2) is 2.79. The van der Waals surface area contributed by atoms with Crippen LogP contribution in [0.1, 0.15) is 25.7 Å². The van der Waals surface area contributed by atoms with Gasteiger partial charge in [0.25, 0.3) is 0 Å². The molecule has 2 heteroatoms. The molecule has 1 heterocycles. The molecule has 0 saturated heterocycles. The Morgan fingerprint density at radius 1 is 1.27 bits per heavy atom. The number of aliphatic hydroxyl groups excluding tert-OH is 1. The van der Waals surface area contributed by atoms with Crippen molar-refractivity contribution in [2.45, 2.75) is 31.8 Å². The largest absolute Gasteiger partial charge is 0.495 e. The third-order valence-corrected chi connectivity index (χ3v) is 5.18. The molecule has 0 radical (unpaired) electrons. The lowest BCUT2D eigenvalue weighted by Crippen LogP contribution is -2.18.